The summed E-state index contributed by atoms with van der Waals surface area (Å²) in [6.45, 7) is 2.08. The molecular formula is C12H18N2. The summed E-state index contributed by atoms with van der Waals surface area (Å²) < 4.78 is 0. The molecule has 0 bridgehead atoms. The van der Waals surface area contributed by atoms with E-state index < -0.39 is 0 Å². The molecule has 1 aromatic rings. The molecule has 0 aromatic carbocycles. The van der Waals surface area contributed by atoms with Crippen molar-refractivity contribution in [1.82, 2.24) is 4.98 Å². The van der Waals surface area contributed by atoms with Gasteiger partial charge in [-0.2, -0.15) is 0 Å². The third kappa shape index (κ3) is 1.74. The molecule has 0 unspecified atom stereocenters. The zero-order valence-electron chi connectivity index (χ0n) is 9.06. The molecule has 0 aliphatic heterocycles. The molecule has 0 fully saturated rings. The molecule has 2 heteroatoms. The van der Waals surface area contributed by atoms with E-state index in [2.05, 4.69) is 23.3 Å². The lowest BCUT2D eigenvalue weighted by Crippen LogP contribution is -2.03. The summed E-state index contributed by atoms with van der Waals surface area (Å²) in [5.74, 6) is 1.10. The first kappa shape index (κ1) is 9.50. The molecule has 14 heavy (non-hydrogen) atoms. The van der Waals surface area contributed by atoms with E-state index in [0.717, 1.165) is 11.5 Å². The number of fused-ring (bicyclic) bond motifs is 1. The maximum Gasteiger partial charge on any atom is 0.129 e. The Morgan fingerprint density at radius 3 is 2.79 bits per heavy atom. The van der Waals surface area contributed by atoms with Crippen LogP contribution in [0.2, 0.25) is 0 Å². The molecular weight excluding hydrogens is 172 g/mol. The van der Waals surface area contributed by atoms with Crippen molar-refractivity contribution in [3.63, 3.8) is 0 Å². The molecule has 0 saturated heterocycles. The van der Waals surface area contributed by atoms with Crippen LogP contribution in [0.25, 0.3) is 0 Å². The van der Waals surface area contributed by atoms with Gasteiger partial charge in [0.2, 0.25) is 0 Å². The Hall–Kier alpha value is -1.05. The molecule has 0 radical (unpaired) electrons. The molecule has 1 aromatic heterocycles. The van der Waals surface area contributed by atoms with E-state index in [4.69, 9.17) is 0 Å². The molecule has 1 aliphatic rings. The van der Waals surface area contributed by atoms with Gasteiger partial charge >= 0.3 is 0 Å². The Morgan fingerprint density at radius 1 is 1.21 bits per heavy atom. The molecule has 0 spiro atoms. The van der Waals surface area contributed by atoms with Crippen LogP contribution in [0.3, 0.4) is 0 Å². The maximum atomic E-state index is 4.54. The second kappa shape index (κ2) is 3.99. The molecule has 0 amide bonds. The second-order valence-electron chi connectivity index (χ2n) is 4.06. The van der Waals surface area contributed by atoms with Gasteiger partial charge in [-0.15, -0.1) is 0 Å². The first-order valence-electron chi connectivity index (χ1n) is 5.48. The van der Waals surface area contributed by atoms with Crippen LogP contribution in [0.5, 0.6) is 0 Å². The molecule has 1 heterocycles. The number of nitrogens with zero attached hydrogens (tertiary/aromatic N) is 1. The lowest BCUT2D eigenvalue weighted by atomic mass is 10.0. The quantitative estimate of drug-likeness (QED) is 0.689. The van der Waals surface area contributed by atoms with Gasteiger partial charge in [0.25, 0.3) is 0 Å². The first-order valence-corrected chi connectivity index (χ1v) is 5.48. The van der Waals surface area contributed by atoms with Gasteiger partial charge in [-0.25, -0.2) is 4.98 Å². The van der Waals surface area contributed by atoms with Gasteiger partial charge in [0.05, 0.1) is 0 Å². The van der Waals surface area contributed by atoms with Crippen LogP contribution in [-0.4, -0.2) is 12.0 Å². The third-order valence-electron chi connectivity index (χ3n) is 2.95. The standard InChI is InChI=1S/C12H18N2/c1-9-8-10-6-4-3-5-7-11(10)12(13-2)14-9/h8H,3-7H2,1-2H3,(H,13,14). The summed E-state index contributed by atoms with van der Waals surface area (Å²) in [5.41, 5.74) is 4.10. The highest BCUT2D eigenvalue weighted by atomic mass is 15.0. The Bertz CT molecular complexity index is 331. The normalized spacial score (nSPS) is 15.9. The number of pyridine rings is 1. The fraction of sp³-hybridized carbons (Fsp3) is 0.583. The van der Waals surface area contributed by atoms with E-state index >= 15 is 0 Å². The highest BCUT2D eigenvalue weighted by Gasteiger charge is 2.12. The fourth-order valence-electron chi connectivity index (χ4n) is 2.27. The lowest BCUT2D eigenvalue weighted by Gasteiger charge is -2.12. The Balaban J connectivity index is 2.46. The minimum absolute atomic E-state index is 1.10. The highest BCUT2D eigenvalue weighted by molar-refractivity contribution is 5.49. The SMILES string of the molecule is CNc1nc(C)cc2c1CCCCC2. The van der Waals surface area contributed by atoms with Crippen molar-refractivity contribution in [2.45, 2.75) is 39.0 Å². The molecule has 0 saturated carbocycles. The van der Waals surface area contributed by atoms with E-state index in [1.807, 2.05) is 7.05 Å². The van der Waals surface area contributed by atoms with E-state index in [1.54, 1.807) is 0 Å². The predicted molar refractivity (Wildman–Crippen MR) is 59.8 cm³/mol. The number of anilines is 1. The van der Waals surface area contributed by atoms with Crippen LogP contribution < -0.4 is 5.32 Å². The zero-order chi connectivity index (χ0) is 9.97. The van der Waals surface area contributed by atoms with Gasteiger partial charge in [-0.3, -0.25) is 0 Å². The van der Waals surface area contributed by atoms with Crippen molar-refractivity contribution in [2.24, 2.45) is 0 Å². The van der Waals surface area contributed by atoms with Crippen molar-refractivity contribution >= 4 is 5.82 Å². The topological polar surface area (TPSA) is 24.9 Å². The number of aryl methyl sites for hydroxylation is 2. The number of aromatic nitrogens is 1. The van der Waals surface area contributed by atoms with Crippen LogP contribution in [0.4, 0.5) is 5.82 Å². The Labute approximate surface area is 85.7 Å². The summed E-state index contributed by atoms with van der Waals surface area (Å²) in [7, 11) is 1.97. The summed E-state index contributed by atoms with van der Waals surface area (Å²) in [5, 5.41) is 3.21. The maximum absolute atomic E-state index is 4.54. The van der Waals surface area contributed by atoms with Gasteiger partial charge in [-0.1, -0.05) is 6.42 Å². The number of hydrogen-bond acceptors (Lipinski definition) is 2. The lowest BCUT2D eigenvalue weighted by molar-refractivity contribution is 0.711. The second-order valence-corrected chi connectivity index (χ2v) is 4.06. The van der Waals surface area contributed by atoms with Gasteiger partial charge in [0, 0.05) is 12.7 Å². The molecule has 1 aliphatic carbocycles. The van der Waals surface area contributed by atoms with Crippen molar-refractivity contribution in [1.29, 1.82) is 0 Å². The number of nitrogens with one attached hydrogen (secondary N) is 1. The minimum atomic E-state index is 1.10. The first-order chi connectivity index (χ1) is 6.81. The molecule has 2 nitrogen and oxygen atoms in total. The average molecular weight is 190 g/mol. The Kier molecular flexibility index (Phi) is 2.71. The summed E-state index contributed by atoms with van der Waals surface area (Å²) in [6, 6.07) is 2.25. The van der Waals surface area contributed by atoms with Crippen LogP contribution in [-0.2, 0) is 12.8 Å². The van der Waals surface area contributed by atoms with E-state index in [9.17, 15) is 0 Å². The van der Waals surface area contributed by atoms with Crippen LogP contribution in [0.1, 0.15) is 36.1 Å². The summed E-state index contributed by atoms with van der Waals surface area (Å²) >= 11 is 0. The van der Waals surface area contributed by atoms with Gasteiger partial charge in [0.15, 0.2) is 0 Å². The predicted octanol–water partition coefficient (Wildman–Crippen LogP) is 2.70. The molecule has 0 atom stereocenters. The van der Waals surface area contributed by atoms with Crippen LogP contribution >= 0.6 is 0 Å². The third-order valence-corrected chi connectivity index (χ3v) is 2.95. The van der Waals surface area contributed by atoms with E-state index in [0.29, 0.717) is 0 Å². The Morgan fingerprint density at radius 2 is 2.00 bits per heavy atom. The zero-order valence-corrected chi connectivity index (χ0v) is 9.06. The minimum Gasteiger partial charge on any atom is -0.373 e. The summed E-state index contributed by atoms with van der Waals surface area (Å²) in [4.78, 5) is 4.54. The fourth-order valence-corrected chi connectivity index (χ4v) is 2.27. The van der Waals surface area contributed by atoms with Crippen molar-refractivity contribution in [3.8, 4) is 0 Å². The average Bonchev–Trinajstić information content (AvgIpc) is 2.41. The van der Waals surface area contributed by atoms with Crippen molar-refractivity contribution in [3.05, 3.63) is 22.9 Å². The monoisotopic (exact) mass is 190 g/mol. The number of hydrogen-bond donors (Lipinski definition) is 1. The van der Waals surface area contributed by atoms with Crippen LogP contribution in [0.15, 0.2) is 6.07 Å². The van der Waals surface area contributed by atoms with E-state index in [-0.39, 0.29) is 0 Å². The van der Waals surface area contributed by atoms with E-state index in [1.165, 1.54) is 43.2 Å². The van der Waals surface area contributed by atoms with Gasteiger partial charge in [0.1, 0.15) is 5.82 Å². The number of rotatable bonds is 1. The highest BCUT2D eigenvalue weighted by Crippen LogP contribution is 2.26. The van der Waals surface area contributed by atoms with Gasteiger partial charge in [-0.05, 0) is 49.8 Å². The molecule has 76 valence electrons. The smallest absolute Gasteiger partial charge is 0.129 e. The summed E-state index contributed by atoms with van der Waals surface area (Å²) in [6.07, 6.45) is 6.43. The largest absolute Gasteiger partial charge is 0.373 e. The molecule has 2 rings (SSSR count). The van der Waals surface area contributed by atoms with Crippen molar-refractivity contribution in [2.75, 3.05) is 12.4 Å². The van der Waals surface area contributed by atoms with Crippen molar-refractivity contribution < 1.29 is 0 Å². The van der Waals surface area contributed by atoms with Crippen LogP contribution in [0, 0.1) is 6.92 Å². The molecule has 1 N–H and O–H groups in total. The van der Waals surface area contributed by atoms with Gasteiger partial charge < -0.3 is 5.32 Å².